The third-order valence-electron chi connectivity index (χ3n) is 10.0. The summed E-state index contributed by atoms with van der Waals surface area (Å²) in [6.45, 7) is 4.50. The summed E-state index contributed by atoms with van der Waals surface area (Å²) in [5.41, 5.74) is 14.5. The van der Waals surface area contributed by atoms with Gasteiger partial charge in [-0.25, -0.2) is 0 Å². The van der Waals surface area contributed by atoms with E-state index >= 15 is 0 Å². The summed E-state index contributed by atoms with van der Waals surface area (Å²) in [5.74, 6) is 0. The molecule has 11 rings (SSSR count). The molecule has 0 saturated heterocycles. The summed E-state index contributed by atoms with van der Waals surface area (Å²) in [5, 5.41) is 7.04. The second kappa shape index (κ2) is 6.26. The van der Waals surface area contributed by atoms with Gasteiger partial charge in [0.15, 0.2) is 0 Å². The second-order valence-corrected chi connectivity index (χ2v) is 11.6. The summed E-state index contributed by atoms with van der Waals surface area (Å²) in [6, 6.07) is 30.9. The molecule has 0 amide bonds. The maximum Gasteiger partial charge on any atom is 0.252 e. The zero-order chi connectivity index (χ0) is 27.8. The van der Waals surface area contributed by atoms with Gasteiger partial charge in [-0.2, -0.15) is 0 Å². The van der Waals surface area contributed by atoms with E-state index in [9.17, 15) is 1.37 Å². The van der Waals surface area contributed by atoms with Crippen LogP contribution in [0.4, 0.5) is 0 Å². The van der Waals surface area contributed by atoms with Crippen LogP contribution in [0.2, 0.25) is 0 Å². The average Bonchev–Trinajstić information content (AvgIpc) is 3.70. The van der Waals surface area contributed by atoms with Crippen LogP contribution >= 0.6 is 0 Å². The van der Waals surface area contributed by atoms with Gasteiger partial charge in [0.25, 0.3) is 6.71 Å². The van der Waals surface area contributed by atoms with Crippen LogP contribution in [0.5, 0.6) is 0 Å². The lowest BCUT2D eigenvalue weighted by Crippen LogP contribution is -2.59. The third kappa shape index (κ3) is 1.89. The summed E-state index contributed by atoms with van der Waals surface area (Å²) in [6.07, 6.45) is 0.255. The highest BCUT2D eigenvalue weighted by molar-refractivity contribution is 7.00. The molecule has 0 spiro atoms. The van der Waals surface area contributed by atoms with Crippen LogP contribution in [-0.4, -0.2) is 20.2 Å². The summed E-state index contributed by atoms with van der Waals surface area (Å²) in [7, 11) is 0. The molecule has 0 bridgehead atoms. The summed E-state index contributed by atoms with van der Waals surface area (Å²) >= 11 is 0. The smallest absolute Gasteiger partial charge is 0.252 e. The molecule has 3 nitrogen and oxygen atoms in total. The van der Waals surface area contributed by atoms with Gasteiger partial charge in [0.2, 0.25) is 0 Å². The van der Waals surface area contributed by atoms with Gasteiger partial charge in [-0.3, -0.25) is 0 Å². The first-order valence-electron chi connectivity index (χ1n) is 15.0. The van der Waals surface area contributed by atoms with Crippen LogP contribution in [0.1, 0.15) is 14.0 Å². The van der Waals surface area contributed by atoms with Crippen LogP contribution in [0, 0.1) is 13.8 Å². The van der Waals surface area contributed by atoms with Gasteiger partial charge >= 0.3 is 0 Å². The van der Waals surface area contributed by atoms with Crippen LogP contribution < -0.4 is 16.4 Å². The highest BCUT2D eigenvalue weighted by atomic mass is 15.1. The minimum Gasteiger partial charge on any atom is -0.317 e. The van der Waals surface area contributed by atoms with Crippen LogP contribution in [0.15, 0.2) is 97.1 Å². The minimum atomic E-state index is 0.000300. The molecular weight excluding hydrogens is 485 g/mol. The van der Waals surface area contributed by atoms with Gasteiger partial charge in [0.05, 0.1) is 30.7 Å². The van der Waals surface area contributed by atoms with E-state index in [1.165, 1.54) is 82.3 Å². The molecule has 0 saturated carbocycles. The minimum absolute atomic E-state index is 0.000300. The van der Waals surface area contributed by atoms with Crippen LogP contribution in [-0.2, 0) is 0 Å². The molecule has 0 atom stereocenters. The molecule has 2 aliphatic rings. The van der Waals surface area contributed by atoms with Crippen molar-refractivity contribution in [3.63, 3.8) is 0 Å². The lowest BCUT2D eigenvalue weighted by molar-refractivity contribution is 1.05. The molecule has 9 aromatic rings. The molecule has 184 valence electrons. The molecule has 6 heterocycles. The standard InChI is InChI=1S/C36H22BN3/c1-19-20(2)39-33-22(19)12-8-14-26(33)37-25-13-7-9-21-17-18-38(32(21)25)35-29-23-10-3-5-15-27(23)40-28-16-6-4-11-24(28)30(34(29)40)36(39)31(35)37/h3-18H,1-2H3/i17D,18D. The number of nitrogens with zero attached hydrogens (tertiary/aromatic N) is 3. The van der Waals surface area contributed by atoms with E-state index in [1.54, 1.807) is 0 Å². The van der Waals surface area contributed by atoms with E-state index in [2.05, 4.69) is 106 Å². The summed E-state index contributed by atoms with van der Waals surface area (Å²) < 4.78 is 25.5. The Morgan fingerprint density at radius 2 is 1.30 bits per heavy atom. The highest BCUT2D eigenvalue weighted by Crippen LogP contribution is 2.47. The van der Waals surface area contributed by atoms with Crippen LogP contribution in [0.3, 0.4) is 0 Å². The molecule has 40 heavy (non-hydrogen) atoms. The van der Waals surface area contributed by atoms with Crippen molar-refractivity contribution in [2.45, 2.75) is 13.8 Å². The SMILES string of the molecule is [2H]c1c([2H])n2c3c(cccc13)B1c3c-2c2c4ccccc4n4c5ccccc5c(c3-n3c(C)c(C)c5cccc1c53)c24. The Kier molecular flexibility index (Phi) is 2.87. The fraction of sp³-hybridized carbons (Fsp3) is 0.0556. The lowest BCUT2D eigenvalue weighted by Gasteiger charge is -2.34. The van der Waals surface area contributed by atoms with Crippen molar-refractivity contribution in [2.75, 3.05) is 0 Å². The Labute approximate surface area is 232 Å². The molecular formula is C36H22BN3. The number of para-hydroxylation sites is 4. The number of aryl methyl sites for hydroxylation is 1. The topological polar surface area (TPSA) is 14.3 Å². The molecule has 0 fully saturated rings. The van der Waals surface area contributed by atoms with Gasteiger partial charge in [-0.1, -0.05) is 72.8 Å². The zero-order valence-electron chi connectivity index (χ0n) is 24.0. The van der Waals surface area contributed by atoms with Gasteiger partial charge < -0.3 is 13.5 Å². The zero-order valence-corrected chi connectivity index (χ0v) is 22.0. The fourth-order valence-electron chi connectivity index (χ4n) is 8.45. The molecule has 4 heteroatoms. The van der Waals surface area contributed by atoms with E-state index in [0.717, 1.165) is 16.6 Å². The molecule has 0 aliphatic carbocycles. The molecule has 0 N–H and O–H groups in total. The molecule has 0 unspecified atom stereocenters. The second-order valence-electron chi connectivity index (χ2n) is 11.6. The third-order valence-corrected chi connectivity index (χ3v) is 10.0. The summed E-state index contributed by atoms with van der Waals surface area (Å²) in [4.78, 5) is 0. The van der Waals surface area contributed by atoms with Crippen molar-refractivity contribution in [2.24, 2.45) is 0 Å². The lowest BCUT2D eigenvalue weighted by atomic mass is 9.34. The normalized spacial score (nSPS) is 14.4. The predicted molar refractivity (Wildman–Crippen MR) is 169 cm³/mol. The average molecular weight is 509 g/mol. The van der Waals surface area contributed by atoms with E-state index in [0.29, 0.717) is 6.04 Å². The fourth-order valence-corrected chi connectivity index (χ4v) is 8.45. The van der Waals surface area contributed by atoms with Gasteiger partial charge in [-0.15, -0.1) is 0 Å². The first-order chi connectivity index (χ1) is 20.6. The number of fused-ring (bicyclic) bond motifs is 12. The maximum atomic E-state index is 9.35. The van der Waals surface area contributed by atoms with Crippen molar-refractivity contribution in [1.82, 2.24) is 13.5 Å². The number of rotatable bonds is 0. The van der Waals surface area contributed by atoms with E-state index < -0.39 is 0 Å². The van der Waals surface area contributed by atoms with Crippen molar-refractivity contribution >= 4 is 83.0 Å². The Morgan fingerprint density at radius 3 is 2.08 bits per heavy atom. The van der Waals surface area contributed by atoms with Crippen molar-refractivity contribution in [3.05, 3.63) is 108 Å². The molecule has 4 aromatic heterocycles. The Morgan fingerprint density at radius 1 is 0.650 bits per heavy atom. The van der Waals surface area contributed by atoms with Crippen LogP contribution in [0.25, 0.3) is 71.3 Å². The number of hydrogen-bond acceptors (Lipinski definition) is 0. The maximum absolute atomic E-state index is 9.35. The monoisotopic (exact) mass is 509 g/mol. The molecule has 2 aliphatic heterocycles. The highest BCUT2D eigenvalue weighted by Gasteiger charge is 2.43. The number of aromatic nitrogens is 3. The van der Waals surface area contributed by atoms with Gasteiger partial charge in [0, 0.05) is 49.8 Å². The quantitative estimate of drug-likeness (QED) is 0.208. The first-order valence-corrected chi connectivity index (χ1v) is 14.0. The molecule has 0 radical (unpaired) electrons. The van der Waals surface area contributed by atoms with E-state index in [1.807, 2.05) is 6.07 Å². The number of benzene rings is 5. The van der Waals surface area contributed by atoms with Crippen molar-refractivity contribution in [1.29, 1.82) is 0 Å². The Balaban J connectivity index is 1.57. The Hall–Kier alpha value is -4.96. The first kappa shape index (κ1) is 18.4. The van der Waals surface area contributed by atoms with E-state index in [-0.39, 0.29) is 12.9 Å². The largest absolute Gasteiger partial charge is 0.317 e. The van der Waals surface area contributed by atoms with Gasteiger partial charge in [-0.05, 0) is 59.4 Å². The Bertz CT molecular complexity index is 2560. The van der Waals surface area contributed by atoms with Crippen molar-refractivity contribution in [3.8, 4) is 11.4 Å². The predicted octanol–water partition coefficient (Wildman–Crippen LogP) is 6.48. The van der Waals surface area contributed by atoms with Crippen molar-refractivity contribution < 1.29 is 2.74 Å². The van der Waals surface area contributed by atoms with E-state index in [4.69, 9.17) is 1.37 Å². The molecule has 5 aromatic carbocycles. The number of hydrogen-bond donors (Lipinski definition) is 0. The van der Waals surface area contributed by atoms with Gasteiger partial charge in [0.1, 0.15) is 0 Å².